The van der Waals surface area contributed by atoms with Gasteiger partial charge in [0.15, 0.2) is 6.04 Å². The minimum absolute atomic E-state index is 0.0797. The molecule has 5 N–H and O–H groups in total. The number of carboxylic acid groups (broad SMARTS) is 1. The molecule has 0 unspecified atom stereocenters. The number of nitrogens with one attached hydrogen (secondary N) is 2. The fraction of sp³-hybridized carbons (Fsp3) is 0.154. The first-order chi connectivity index (χ1) is 16.4. The second kappa shape index (κ2) is 9.58. The van der Waals surface area contributed by atoms with Crippen molar-refractivity contribution in [1.29, 1.82) is 5.41 Å². The molecule has 4 rings (SSSR count). The zero-order valence-electron chi connectivity index (χ0n) is 18.2. The molecule has 8 nitrogen and oxygen atoms in total. The van der Waals surface area contributed by atoms with Crippen molar-refractivity contribution in [3.8, 4) is 0 Å². The van der Waals surface area contributed by atoms with Crippen LogP contribution in [0.5, 0.6) is 0 Å². The highest BCUT2D eigenvalue weighted by Gasteiger charge is 2.54. The highest BCUT2D eigenvalue weighted by Crippen LogP contribution is 2.32. The van der Waals surface area contributed by atoms with Crippen molar-refractivity contribution in [3.05, 3.63) is 107 Å². The minimum atomic E-state index is -1.27. The zero-order valence-corrected chi connectivity index (χ0v) is 18.2. The number of nitrogens with two attached hydrogens (primary N) is 1. The van der Waals surface area contributed by atoms with Gasteiger partial charge in [0.1, 0.15) is 5.84 Å². The highest BCUT2D eigenvalue weighted by molar-refractivity contribution is 6.07. The molecule has 0 bridgehead atoms. The summed E-state index contributed by atoms with van der Waals surface area (Å²) in [5, 5.41) is 20.1. The second-order valence-electron chi connectivity index (χ2n) is 8.12. The van der Waals surface area contributed by atoms with E-state index in [0.717, 1.165) is 21.6 Å². The molecule has 1 aliphatic heterocycles. The van der Waals surface area contributed by atoms with Gasteiger partial charge in [-0.1, -0.05) is 84.9 Å². The van der Waals surface area contributed by atoms with Crippen LogP contribution < -0.4 is 11.1 Å². The third-order valence-corrected chi connectivity index (χ3v) is 5.94. The molecule has 1 saturated heterocycles. The Bertz CT molecular complexity index is 1170. The number of hydrogen-bond donors (Lipinski definition) is 4. The van der Waals surface area contributed by atoms with Gasteiger partial charge in [0.2, 0.25) is 5.91 Å². The number of aliphatic carboxylic acids is 1. The van der Waals surface area contributed by atoms with E-state index in [1.54, 1.807) is 24.3 Å². The largest absolute Gasteiger partial charge is 0.480 e. The van der Waals surface area contributed by atoms with Crippen LogP contribution in [0.25, 0.3) is 0 Å². The van der Waals surface area contributed by atoms with Crippen molar-refractivity contribution in [2.45, 2.75) is 18.5 Å². The molecule has 0 saturated carbocycles. The van der Waals surface area contributed by atoms with Crippen molar-refractivity contribution >= 4 is 23.7 Å². The number of amidine groups is 1. The number of carbonyl (C=O) groups is 3. The summed E-state index contributed by atoms with van der Waals surface area (Å²) >= 11 is 0. The van der Waals surface area contributed by atoms with E-state index in [1.165, 1.54) is 0 Å². The number of imide groups is 1. The van der Waals surface area contributed by atoms with E-state index in [4.69, 9.17) is 11.1 Å². The zero-order chi connectivity index (χ0) is 24.2. The lowest BCUT2D eigenvalue weighted by Gasteiger charge is -2.43. The van der Waals surface area contributed by atoms with Crippen LogP contribution >= 0.6 is 0 Å². The summed E-state index contributed by atoms with van der Waals surface area (Å²) in [6.07, 6.45) is 0.165. The van der Waals surface area contributed by atoms with Crippen LogP contribution in [0, 0.1) is 11.3 Å². The van der Waals surface area contributed by atoms with Gasteiger partial charge < -0.3 is 16.2 Å². The number of amides is 3. The van der Waals surface area contributed by atoms with Gasteiger partial charge in [0.05, 0.1) is 12.0 Å². The molecule has 1 heterocycles. The molecule has 8 heteroatoms. The van der Waals surface area contributed by atoms with Crippen molar-refractivity contribution in [2.24, 2.45) is 11.7 Å². The molecule has 3 aromatic carbocycles. The van der Waals surface area contributed by atoms with Crippen molar-refractivity contribution < 1.29 is 19.5 Å². The molecule has 0 aromatic heterocycles. The van der Waals surface area contributed by atoms with Crippen LogP contribution in [0.2, 0.25) is 0 Å². The second-order valence-corrected chi connectivity index (χ2v) is 8.12. The molecule has 3 aromatic rings. The Kier molecular flexibility index (Phi) is 6.40. The molecule has 1 aliphatic rings. The fourth-order valence-electron chi connectivity index (χ4n) is 4.17. The SMILES string of the molecule is N=C(N)c1ccc(C[C@H]2C(=O)N(C(=O)NC(c3ccccc3)c3ccccc3)[C@@H]2C(=O)O)cc1. The average molecular weight is 457 g/mol. The highest BCUT2D eigenvalue weighted by atomic mass is 16.4. The predicted octanol–water partition coefficient (Wildman–Crippen LogP) is 2.92. The summed E-state index contributed by atoms with van der Waals surface area (Å²) in [5.41, 5.74) is 8.34. The molecule has 172 valence electrons. The molecule has 1 fully saturated rings. The van der Waals surface area contributed by atoms with Gasteiger partial charge >= 0.3 is 12.0 Å². The third kappa shape index (κ3) is 4.52. The summed E-state index contributed by atoms with van der Waals surface area (Å²) in [5.74, 6) is -2.72. The van der Waals surface area contributed by atoms with Crippen LogP contribution in [0.1, 0.15) is 28.3 Å². The van der Waals surface area contributed by atoms with Gasteiger partial charge in [-0.15, -0.1) is 0 Å². The van der Waals surface area contributed by atoms with Crippen molar-refractivity contribution in [2.75, 3.05) is 0 Å². The fourth-order valence-corrected chi connectivity index (χ4v) is 4.17. The number of hydrogen-bond acceptors (Lipinski definition) is 4. The Balaban J connectivity index is 1.53. The van der Waals surface area contributed by atoms with Gasteiger partial charge in [-0.3, -0.25) is 10.2 Å². The standard InChI is InChI=1S/C26H24N4O4/c27-23(28)19-13-11-16(12-14-19)15-20-22(25(32)33)30(24(20)31)26(34)29-21(17-7-3-1-4-8-17)18-9-5-2-6-10-18/h1-14,20-22H,15H2,(H3,27,28)(H,29,34)(H,32,33)/t20-,22+/m1/s1. The number of nitrogens with zero attached hydrogens (tertiary/aromatic N) is 1. The van der Waals surface area contributed by atoms with Gasteiger partial charge in [0, 0.05) is 5.56 Å². The molecular weight excluding hydrogens is 432 g/mol. The number of rotatable bonds is 7. The summed E-state index contributed by atoms with van der Waals surface area (Å²) < 4.78 is 0. The summed E-state index contributed by atoms with van der Waals surface area (Å²) in [6, 6.07) is 22.7. The van der Waals surface area contributed by atoms with Crippen LogP contribution in [0.3, 0.4) is 0 Å². The first-order valence-corrected chi connectivity index (χ1v) is 10.8. The number of likely N-dealkylation sites (tertiary alicyclic amines) is 1. The van der Waals surface area contributed by atoms with Crippen LogP contribution in [0.4, 0.5) is 4.79 Å². The van der Waals surface area contributed by atoms with E-state index < -0.39 is 35.9 Å². The maximum absolute atomic E-state index is 13.1. The third-order valence-electron chi connectivity index (χ3n) is 5.94. The average Bonchev–Trinajstić information content (AvgIpc) is 2.85. The van der Waals surface area contributed by atoms with E-state index in [1.807, 2.05) is 60.7 Å². The molecule has 34 heavy (non-hydrogen) atoms. The number of β-lactam (4-membered cyclic amide) rings is 1. The number of carboxylic acids is 1. The molecular formula is C26H24N4O4. The maximum Gasteiger partial charge on any atom is 0.327 e. The molecule has 0 radical (unpaired) electrons. The number of urea groups is 1. The lowest BCUT2D eigenvalue weighted by atomic mass is 9.82. The van der Waals surface area contributed by atoms with Crippen LogP contribution in [-0.4, -0.2) is 39.8 Å². The Morgan fingerprint density at radius 1 is 0.941 bits per heavy atom. The topological polar surface area (TPSA) is 137 Å². The number of benzene rings is 3. The molecule has 2 atom stereocenters. The monoisotopic (exact) mass is 456 g/mol. The van der Waals surface area contributed by atoms with Gasteiger partial charge in [-0.25, -0.2) is 14.5 Å². The minimum Gasteiger partial charge on any atom is -0.480 e. The van der Waals surface area contributed by atoms with Gasteiger partial charge in [-0.05, 0) is 23.1 Å². The predicted molar refractivity (Wildman–Crippen MR) is 126 cm³/mol. The van der Waals surface area contributed by atoms with E-state index in [-0.39, 0.29) is 12.3 Å². The van der Waals surface area contributed by atoms with Crippen LogP contribution in [0.15, 0.2) is 84.9 Å². The number of nitrogen functional groups attached to an aromatic ring is 1. The Morgan fingerprint density at radius 3 is 1.94 bits per heavy atom. The quantitative estimate of drug-likeness (QED) is 0.246. The number of carbonyl (C=O) groups excluding carboxylic acids is 2. The summed E-state index contributed by atoms with van der Waals surface area (Å²) in [6.45, 7) is 0. The van der Waals surface area contributed by atoms with E-state index in [9.17, 15) is 19.5 Å². The molecule has 3 amide bonds. The van der Waals surface area contributed by atoms with E-state index in [2.05, 4.69) is 5.32 Å². The Hall–Kier alpha value is -4.46. The maximum atomic E-state index is 13.1. The van der Waals surface area contributed by atoms with Gasteiger partial charge in [0.25, 0.3) is 0 Å². The van der Waals surface area contributed by atoms with Crippen molar-refractivity contribution in [1.82, 2.24) is 10.2 Å². The first-order valence-electron chi connectivity index (χ1n) is 10.8. The lowest BCUT2D eigenvalue weighted by molar-refractivity contribution is -0.165. The molecule has 0 spiro atoms. The lowest BCUT2D eigenvalue weighted by Crippen LogP contribution is -2.68. The van der Waals surface area contributed by atoms with E-state index in [0.29, 0.717) is 5.56 Å². The summed E-state index contributed by atoms with van der Waals surface area (Å²) in [7, 11) is 0. The van der Waals surface area contributed by atoms with E-state index >= 15 is 0 Å². The van der Waals surface area contributed by atoms with Gasteiger partial charge in [-0.2, -0.15) is 0 Å². The van der Waals surface area contributed by atoms with Crippen LogP contribution in [-0.2, 0) is 16.0 Å². The normalized spacial score (nSPS) is 17.2. The van der Waals surface area contributed by atoms with Crippen molar-refractivity contribution in [3.63, 3.8) is 0 Å². The Morgan fingerprint density at radius 2 is 1.47 bits per heavy atom. The first kappa shape index (κ1) is 22.7. The molecule has 0 aliphatic carbocycles. The summed E-state index contributed by atoms with van der Waals surface area (Å²) in [4.78, 5) is 38.8. The Labute approximate surface area is 196 Å². The smallest absolute Gasteiger partial charge is 0.327 e.